The van der Waals surface area contributed by atoms with Crippen LogP contribution in [-0.4, -0.2) is 67.4 Å². The number of carboxylic acid groups (broad SMARTS) is 1. The summed E-state index contributed by atoms with van der Waals surface area (Å²) in [5.74, 6) is -2.08. The van der Waals surface area contributed by atoms with Gasteiger partial charge in [0.25, 0.3) is 0 Å². The van der Waals surface area contributed by atoms with Gasteiger partial charge in [0, 0.05) is 26.1 Å². The molecule has 2 aromatic rings. The van der Waals surface area contributed by atoms with E-state index >= 15 is 0 Å². The quantitative estimate of drug-likeness (QED) is 0.650. The van der Waals surface area contributed by atoms with Gasteiger partial charge in [-0.1, -0.05) is 62.4 Å². The summed E-state index contributed by atoms with van der Waals surface area (Å²) in [6, 6.07) is 15.1. The summed E-state index contributed by atoms with van der Waals surface area (Å²) < 4.78 is 10.7. The lowest BCUT2D eigenvalue weighted by molar-refractivity contribution is -0.144. The molecule has 34 heavy (non-hydrogen) atoms. The fourth-order valence-electron chi connectivity index (χ4n) is 5.06. The number of aliphatic carboxylic acids is 1. The molecular weight excluding hydrogens is 436 g/mol. The molecule has 1 heterocycles. The lowest BCUT2D eigenvalue weighted by Gasteiger charge is -2.25. The van der Waals surface area contributed by atoms with E-state index in [1.54, 1.807) is 0 Å². The van der Waals surface area contributed by atoms with Crippen molar-refractivity contribution in [3.8, 4) is 11.1 Å². The molecule has 1 saturated heterocycles. The minimum absolute atomic E-state index is 0.0440. The van der Waals surface area contributed by atoms with E-state index in [4.69, 9.17) is 9.47 Å². The van der Waals surface area contributed by atoms with Gasteiger partial charge >= 0.3 is 12.1 Å². The Morgan fingerprint density at radius 1 is 1.09 bits per heavy atom. The van der Waals surface area contributed by atoms with E-state index in [1.165, 1.54) is 12.0 Å². The summed E-state index contributed by atoms with van der Waals surface area (Å²) in [6.45, 7) is 4.11. The highest BCUT2D eigenvalue weighted by Gasteiger charge is 2.46. The van der Waals surface area contributed by atoms with Crippen molar-refractivity contribution in [3.63, 3.8) is 0 Å². The second kappa shape index (κ2) is 9.46. The molecule has 2 aromatic carbocycles. The number of carboxylic acids is 1. The number of hydrogen-bond donors (Lipinski definition) is 2. The smallest absolute Gasteiger partial charge is 0.407 e. The number of rotatable bonds is 7. The van der Waals surface area contributed by atoms with E-state index in [2.05, 4.69) is 17.4 Å². The highest BCUT2D eigenvalue weighted by molar-refractivity contribution is 5.87. The lowest BCUT2D eigenvalue weighted by Crippen LogP contribution is -2.50. The first-order chi connectivity index (χ1) is 16.2. The Bertz CT molecular complexity index is 1050. The van der Waals surface area contributed by atoms with Gasteiger partial charge < -0.3 is 24.8 Å². The Kier molecular flexibility index (Phi) is 6.61. The number of carbonyl (C=O) groups excluding carboxylic acids is 2. The van der Waals surface area contributed by atoms with Crippen LogP contribution in [0.2, 0.25) is 0 Å². The summed E-state index contributed by atoms with van der Waals surface area (Å²) in [5.41, 5.74) is 3.89. The first kappa shape index (κ1) is 23.8. The van der Waals surface area contributed by atoms with Crippen LogP contribution in [0.4, 0.5) is 4.79 Å². The average molecular weight is 467 g/mol. The van der Waals surface area contributed by atoms with E-state index < -0.39 is 29.4 Å². The second-order valence-electron chi connectivity index (χ2n) is 9.58. The van der Waals surface area contributed by atoms with Crippen LogP contribution in [0.3, 0.4) is 0 Å². The molecule has 8 nitrogen and oxygen atoms in total. The van der Waals surface area contributed by atoms with Crippen LogP contribution in [0.5, 0.6) is 0 Å². The van der Waals surface area contributed by atoms with Crippen LogP contribution >= 0.6 is 0 Å². The Labute approximate surface area is 198 Å². The third-order valence-corrected chi connectivity index (χ3v) is 6.82. The van der Waals surface area contributed by atoms with Gasteiger partial charge in [-0.15, -0.1) is 0 Å². The van der Waals surface area contributed by atoms with Crippen molar-refractivity contribution in [1.29, 1.82) is 0 Å². The van der Waals surface area contributed by atoms with Crippen molar-refractivity contribution in [2.75, 3.05) is 33.4 Å². The van der Waals surface area contributed by atoms with Gasteiger partial charge in [0.1, 0.15) is 12.6 Å². The Hall–Kier alpha value is -3.39. The van der Waals surface area contributed by atoms with Crippen molar-refractivity contribution in [1.82, 2.24) is 10.2 Å². The van der Waals surface area contributed by atoms with E-state index in [9.17, 15) is 19.5 Å². The number of alkyl carbamates (subject to hydrolysis) is 1. The maximum Gasteiger partial charge on any atom is 0.407 e. The number of benzene rings is 2. The number of carbonyl (C=O) groups is 3. The first-order valence-corrected chi connectivity index (χ1v) is 11.3. The van der Waals surface area contributed by atoms with Crippen molar-refractivity contribution >= 4 is 18.0 Å². The molecule has 1 aliphatic carbocycles. The predicted octanol–water partition coefficient (Wildman–Crippen LogP) is 3.11. The molecule has 1 unspecified atom stereocenters. The zero-order valence-corrected chi connectivity index (χ0v) is 19.6. The largest absolute Gasteiger partial charge is 0.481 e. The van der Waals surface area contributed by atoms with E-state index in [1.807, 2.05) is 50.2 Å². The molecule has 2 amide bonds. The number of hydrogen-bond acceptors (Lipinski definition) is 5. The van der Waals surface area contributed by atoms with Crippen molar-refractivity contribution in [2.45, 2.75) is 25.8 Å². The van der Waals surface area contributed by atoms with E-state index in [0.717, 1.165) is 22.3 Å². The first-order valence-electron chi connectivity index (χ1n) is 11.3. The van der Waals surface area contributed by atoms with E-state index in [0.29, 0.717) is 0 Å². The molecule has 0 radical (unpaired) electrons. The number of amides is 2. The molecule has 180 valence electrons. The fourth-order valence-corrected chi connectivity index (χ4v) is 5.06. The zero-order chi connectivity index (χ0) is 24.5. The third kappa shape index (κ3) is 4.50. The van der Waals surface area contributed by atoms with Gasteiger partial charge in [0.05, 0.1) is 12.5 Å². The number of nitrogens with one attached hydrogen (secondary N) is 1. The molecule has 2 atom stereocenters. The summed E-state index contributed by atoms with van der Waals surface area (Å²) in [5, 5.41) is 12.1. The maximum absolute atomic E-state index is 13.1. The maximum atomic E-state index is 13.1. The number of fused-ring (bicyclic) bond motifs is 3. The summed E-state index contributed by atoms with van der Waals surface area (Å²) >= 11 is 0. The molecule has 2 aliphatic rings. The topological polar surface area (TPSA) is 105 Å². The highest BCUT2D eigenvalue weighted by atomic mass is 16.5. The molecule has 8 heteroatoms. The van der Waals surface area contributed by atoms with Gasteiger partial charge in [0.2, 0.25) is 5.91 Å². The average Bonchev–Trinajstić information content (AvgIpc) is 3.31. The summed E-state index contributed by atoms with van der Waals surface area (Å²) in [4.78, 5) is 38.8. The molecule has 0 bridgehead atoms. The molecule has 0 spiro atoms. The van der Waals surface area contributed by atoms with E-state index in [-0.39, 0.29) is 38.1 Å². The number of likely N-dealkylation sites (tertiary alicyclic amines) is 1. The standard InChI is InChI=1S/C26H30N2O6/c1-26(2)15-28(12-21(26)24(30)31)23(29)22(14-33-3)27-25(32)34-13-20-18-10-6-4-8-16(18)17-9-5-7-11-19(17)20/h4-11,20-22H,12-15H2,1-3H3,(H,27,32)(H,30,31)/t21?,22-/m0/s1. The van der Waals surface area contributed by atoms with Gasteiger partial charge in [-0.05, 0) is 27.7 Å². The SMILES string of the molecule is COC[C@H](NC(=O)OCC1c2ccccc2-c2ccccc21)C(=O)N1CC(C(=O)O)C(C)(C)C1. The van der Waals surface area contributed by atoms with Crippen LogP contribution in [0.1, 0.15) is 30.9 Å². The van der Waals surface area contributed by atoms with Crippen LogP contribution in [0.15, 0.2) is 48.5 Å². The van der Waals surface area contributed by atoms with Gasteiger partial charge in [-0.3, -0.25) is 9.59 Å². The lowest BCUT2D eigenvalue weighted by atomic mass is 9.82. The number of ether oxygens (including phenoxy) is 2. The highest BCUT2D eigenvalue weighted by Crippen LogP contribution is 2.44. The van der Waals surface area contributed by atoms with Crippen LogP contribution in [0.25, 0.3) is 11.1 Å². The second-order valence-corrected chi connectivity index (χ2v) is 9.58. The predicted molar refractivity (Wildman–Crippen MR) is 125 cm³/mol. The molecule has 1 aliphatic heterocycles. The molecule has 0 aromatic heterocycles. The van der Waals surface area contributed by atoms with Crippen molar-refractivity contribution < 1.29 is 29.0 Å². The monoisotopic (exact) mass is 466 g/mol. The van der Waals surface area contributed by atoms with Crippen LogP contribution in [-0.2, 0) is 19.1 Å². The molecular formula is C26H30N2O6. The normalized spacial score (nSPS) is 19.3. The minimum atomic E-state index is -0.969. The van der Waals surface area contributed by atoms with Crippen LogP contribution in [0, 0.1) is 11.3 Å². The van der Waals surface area contributed by atoms with Crippen molar-refractivity contribution in [2.24, 2.45) is 11.3 Å². The minimum Gasteiger partial charge on any atom is -0.481 e. The van der Waals surface area contributed by atoms with Crippen molar-refractivity contribution in [3.05, 3.63) is 59.7 Å². The van der Waals surface area contributed by atoms with Crippen LogP contribution < -0.4 is 5.32 Å². The molecule has 2 N–H and O–H groups in total. The zero-order valence-electron chi connectivity index (χ0n) is 19.6. The van der Waals surface area contributed by atoms with Gasteiger partial charge in [-0.2, -0.15) is 0 Å². The molecule has 4 rings (SSSR count). The number of nitrogens with zero attached hydrogens (tertiary/aromatic N) is 1. The van der Waals surface area contributed by atoms with Gasteiger partial charge in [0.15, 0.2) is 0 Å². The third-order valence-electron chi connectivity index (χ3n) is 6.82. The summed E-state index contributed by atoms with van der Waals surface area (Å²) in [7, 11) is 1.44. The number of methoxy groups -OCH3 is 1. The molecule has 1 fully saturated rings. The Morgan fingerprint density at radius 3 is 2.21 bits per heavy atom. The summed E-state index contributed by atoms with van der Waals surface area (Å²) in [6.07, 6.45) is -0.717. The van der Waals surface area contributed by atoms with Gasteiger partial charge in [-0.25, -0.2) is 4.79 Å². The Morgan fingerprint density at radius 2 is 1.68 bits per heavy atom. The fraction of sp³-hybridized carbons (Fsp3) is 0.423. The Balaban J connectivity index is 1.41. The molecule has 0 saturated carbocycles.